The predicted molar refractivity (Wildman–Crippen MR) is 35.9 cm³/mol. The van der Waals surface area contributed by atoms with E-state index in [1.54, 1.807) is 0 Å². The van der Waals surface area contributed by atoms with E-state index in [0.717, 1.165) is 12.8 Å². The lowest BCUT2D eigenvalue weighted by atomic mass is 10.2. The quantitative estimate of drug-likeness (QED) is 0.315. The van der Waals surface area contributed by atoms with Crippen molar-refractivity contribution in [1.29, 1.82) is 0 Å². The molecule has 0 N–H and O–H groups in total. The Morgan fingerprint density at radius 2 is 2.11 bits per heavy atom. The average molecular weight is 131 g/mol. The van der Waals surface area contributed by atoms with E-state index < -0.39 is 0 Å². The van der Waals surface area contributed by atoms with Crippen LogP contribution in [0.3, 0.4) is 0 Å². The van der Waals surface area contributed by atoms with Gasteiger partial charge in [-0.1, -0.05) is 19.8 Å². The van der Waals surface area contributed by atoms with Crippen molar-refractivity contribution in [3.63, 3.8) is 0 Å². The van der Waals surface area contributed by atoms with Gasteiger partial charge in [0.05, 0.1) is 0 Å². The van der Waals surface area contributed by atoms with Gasteiger partial charge in [-0.2, -0.15) is 0 Å². The van der Waals surface area contributed by atoms with E-state index in [1.165, 1.54) is 12.8 Å². The molecule has 0 atom stereocenters. The van der Waals surface area contributed by atoms with Crippen molar-refractivity contribution in [3.8, 4) is 0 Å². The van der Waals surface area contributed by atoms with E-state index in [-0.39, 0.29) is 0 Å². The lowest BCUT2D eigenvalue weighted by Gasteiger charge is -1.94. The smallest absolute Gasteiger partial charge is 0.155 e. The van der Waals surface area contributed by atoms with Crippen LogP contribution < -0.4 is 0 Å². The summed E-state index contributed by atoms with van der Waals surface area (Å²) in [6.07, 6.45) is 4.49. The Morgan fingerprint density at radius 3 is 2.67 bits per heavy atom. The molecule has 54 valence electrons. The van der Waals surface area contributed by atoms with Gasteiger partial charge in [0.15, 0.2) is 5.34 Å². The molecule has 0 radical (unpaired) electrons. The van der Waals surface area contributed by atoms with E-state index in [0.29, 0.717) is 6.61 Å². The summed E-state index contributed by atoms with van der Waals surface area (Å²) in [6, 6.07) is 0. The van der Waals surface area contributed by atoms with Crippen molar-refractivity contribution < 1.29 is 4.84 Å². The molecule has 0 aliphatic heterocycles. The van der Waals surface area contributed by atoms with Gasteiger partial charge in [0.25, 0.3) is 0 Å². The van der Waals surface area contributed by atoms with Gasteiger partial charge in [-0.05, 0) is 12.8 Å². The molecule has 0 unspecified atom stereocenters. The summed E-state index contributed by atoms with van der Waals surface area (Å²) in [5.41, 5.74) is 0. The third-order valence-electron chi connectivity index (χ3n) is 1.14. The predicted octanol–water partition coefficient (Wildman–Crippen LogP) is 2.26. The maximum atomic E-state index is 9.37. The fraction of sp³-hybridized carbons (Fsp3) is 1.00. The van der Waals surface area contributed by atoms with Crippen molar-refractivity contribution in [2.75, 3.05) is 6.61 Å². The first-order valence-corrected chi connectivity index (χ1v) is 3.36. The van der Waals surface area contributed by atoms with Gasteiger partial charge in [0.1, 0.15) is 6.61 Å². The highest BCUT2D eigenvalue weighted by molar-refractivity contribution is 4.37. The Labute approximate surface area is 55.3 Å². The van der Waals surface area contributed by atoms with Gasteiger partial charge in [-0.25, -0.2) is 0 Å². The molecule has 3 nitrogen and oxygen atoms in total. The molecular weight excluding hydrogens is 118 g/mol. The second kappa shape index (κ2) is 7.40. The minimum Gasteiger partial charge on any atom is -0.364 e. The van der Waals surface area contributed by atoms with Gasteiger partial charge in [0, 0.05) is 0 Å². The van der Waals surface area contributed by atoms with Crippen LogP contribution in [0.15, 0.2) is 5.34 Å². The van der Waals surface area contributed by atoms with Gasteiger partial charge in [-0.3, -0.25) is 0 Å². The SMILES string of the molecule is CCCCCCON=O. The van der Waals surface area contributed by atoms with Crippen LogP contribution in [0.25, 0.3) is 0 Å². The van der Waals surface area contributed by atoms with Crippen LogP contribution in [0, 0.1) is 4.91 Å². The second-order valence-electron chi connectivity index (χ2n) is 1.97. The Kier molecular flexibility index (Phi) is 6.91. The number of hydrogen-bond donors (Lipinski definition) is 0. The van der Waals surface area contributed by atoms with Crippen molar-refractivity contribution in [2.45, 2.75) is 32.6 Å². The van der Waals surface area contributed by atoms with Crippen LogP contribution in [0.1, 0.15) is 32.6 Å². The van der Waals surface area contributed by atoms with E-state index in [9.17, 15) is 4.91 Å². The average Bonchev–Trinajstić information content (AvgIpc) is 1.89. The fourth-order valence-corrected chi connectivity index (χ4v) is 0.631. The number of rotatable bonds is 6. The van der Waals surface area contributed by atoms with Crippen LogP contribution in [0.2, 0.25) is 0 Å². The fourth-order valence-electron chi connectivity index (χ4n) is 0.631. The molecule has 0 saturated heterocycles. The molecule has 0 aromatic rings. The van der Waals surface area contributed by atoms with E-state index in [4.69, 9.17) is 0 Å². The molecule has 0 amide bonds. The first-order valence-electron chi connectivity index (χ1n) is 3.36. The Morgan fingerprint density at radius 1 is 1.33 bits per heavy atom. The van der Waals surface area contributed by atoms with E-state index >= 15 is 0 Å². The van der Waals surface area contributed by atoms with Crippen LogP contribution in [0.5, 0.6) is 0 Å². The molecule has 0 saturated carbocycles. The Balaban J connectivity index is 2.66. The molecule has 0 rings (SSSR count). The summed E-state index contributed by atoms with van der Waals surface area (Å²) in [4.78, 5) is 13.6. The third-order valence-corrected chi connectivity index (χ3v) is 1.14. The molecule has 0 aliphatic carbocycles. The molecular formula is C6H13NO2. The summed E-state index contributed by atoms with van der Waals surface area (Å²) in [5.74, 6) is 0. The summed E-state index contributed by atoms with van der Waals surface area (Å²) in [5, 5.41) is 2.28. The number of nitrogens with zero attached hydrogens (tertiary/aromatic N) is 1. The standard InChI is InChI=1S/C6H13NO2/c1-2-3-4-5-6-9-7-8/h2-6H2,1H3. The monoisotopic (exact) mass is 131 g/mol. The van der Waals surface area contributed by atoms with Crippen molar-refractivity contribution >= 4 is 0 Å². The zero-order valence-electron chi connectivity index (χ0n) is 5.80. The van der Waals surface area contributed by atoms with Crippen molar-refractivity contribution in [2.24, 2.45) is 5.34 Å². The highest BCUT2D eigenvalue weighted by Gasteiger charge is 1.86. The second-order valence-corrected chi connectivity index (χ2v) is 1.97. The molecule has 0 fully saturated rings. The highest BCUT2D eigenvalue weighted by atomic mass is 16.7. The molecule has 0 heterocycles. The first-order chi connectivity index (χ1) is 4.41. The largest absolute Gasteiger partial charge is 0.364 e. The summed E-state index contributed by atoms with van der Waals surface area (Å²) < 4.78 is 0. The molecule has 3 heteroatoms. The summed E-state index contributed by atoms with van der Waals surface area (Å²) in [6.45, 7) is 2.61. The van der Waals surface area contributed by atoms with E-state index in [1.807, 2.05) is 0 Å². The maximum Gasteiger partial charge on any atom is 0.155 e. The molecule has 0 spiro atoms. The van der Waals surface area contributed by atoms with Gasteiger partial charge in [0.2, 0.25) is 0 Å². The topological polar surface area (TPSA) is 38.7 Å². The molecule has 0 aliphatic rings. The highest BCUT2D eigenvalue weighted by Crippen LogP contribution is 1.98. The third kappa shape index (κ3) is 7.40. The molecule has 9 heavy (non-hydrogen) atoms. The lowest BCUT2D eigenvalue weighted by Crippen LogP contribution is -1.85. The zero-order chi connectivity index (χ0) is 6.95. The summed E-state index contributed by atoms with van der Waals surface area (Å²) >= 11 is 0. The van der Waals surface area contributed by atoms with Crippen molar-refractivity contribution in [1.82, 2.24) is 0 Å². The number of unbranched alkanes of at least 4 members (excludes halogenated alkanes) is 3. The van der Waals surface area contributed by atoms with Crippen LogP contribution in [-0.2, 0) is 4.84 Å². The minimum absolute atomic E-state index is 0.476. The molecule has 0 aromatic carbocycles. The van der Waals surface area contributed by atoms with Gasteiger partial charge >= 0.3 is 0 Å². The Hall–Kier alpha value is -0.600. The van der Waals surface area contributed by atoms with Crippen LogP contribution in [0.4, 0.5) is 0 Å². The normalized spacial score (nSPS) is 9.00. The van der Waals surface area contributed by atoms with Gasteiger partial charge in [-0.15, -0.1) is 4.91 Å². The molecule has 0 bridgehead atoms. The van der Waals surface area contributed by atoms with Crippen LogP contribution >= 0.6 is 0 Å². The first kappa shape index (κ1) is 8.40. The lowest BCUT2D eigenvalue weighted by molar-refractivity contribution is 0.135. The maximum absolute atomic E-state index is 9.37. The van der Waals surface area contributed by atoms with Crippen molar-refractivity contribution in [3.05, 3.63) is 4.91 Å². The minimum atomic E-state index is 0.476. The summed E-state index contributed by atoms with van der Waals surface area (Å²) in [7, 11) is 0. The zero-order valence-corrected chi connectivity index (χ0v) is 5.80. The molecule has 0 aromatic heterocycles. The number of hydrogen-bond acceptors (Lipinski definition) is 3. The van der Waals surface area contributed by atoms with Gasteiger partial charge < -0.3 is 4.84 Å². The van der Waals surface area contributed by atoms with E-state index in [2.05, 4.69) is 17.1 Å². The Bertz CT molecular complexity index is 66.1. The van der Waals surface area contributed by atoms with Crippen LogP contribution in [-0.4, -0.2) is 6.61 Å².